The second kappa shape index (κ2) is 3.48. The Morgan fingerprint density at radius 2 is 2.12 bits per heavy atom. The molecule has 1 N–H and O–H groups in total. The van der Waals surface area contributed by atoms with Gasteiger partial charge in [-0.3, -0.25) is 4.79 Å². The van der Waals surface area contributed by atoms with Gasteiger partial charge in [-0.25, -0.2) is 4.79 Å². The first-order valence-corrected chi connectivity index (χ1v) is 4.83. The Kier molecular flexibility index (Phi) is 2.27. The van der Waals surface area contributed by atoms with Gasteiger partial charge in [-0.15, -0.1) is 0 Å². The minimum atomic E-state index is -1.08. The summed E-state index contributed by atoms with van der Waals surface area (Å²) >= 11 is 0. The highest BCUT2D eigenvalue weighted by atomic mass is 16.4. The molecule has 0 saturated heterocycles. The number of aldehydes is 1. The normalized spacial score (nSPS) is 10.6. The molecule has 0 atom stereocenters. The first-order chi connectivity index (χ1) is 7.56. The number of nitrogens with zero attached hydrogens (tertiary/aromatic N) is 1. The fourth-order valence-electron chi connectivity index (χ4n) is 1.95. The van der Waals surface area contributed by atoms with Crippen molar-refractivity contribution in [2.24, 2.45) is 7.05 Å². The zero-order valence-electron chi connectivity index (χ0n) is 9.02. The predicted octanol–water partition coefficient (Wildman–Crippen LogP) is 2.00. The van der Waals surface area contributed by atoms with E-state index in [1.165, 1.54) is 4.57 Å². The van der Waals surface area contributed by atoms with Crippen molar-refractivity contribution in [3.8, 4) is 0 Å². The molecule has 0 aliphatic carbocycles. The maximum absolute atomic E-state index is 11.1. The van der Waals surface area contributed by atoms with Gasteiger partial charge in [0.2, 0.25) is 0 Å². The summed E-state index contributed by atoms with van der Waals surface area (Å²) in [6, 6.07) is 5.51. The van der Waals surface area contributed by atoms with E-state index in [-0.39, 0.29) is 11.3 Å². The Morgan fingerprint density at radius 1 is 1.44 bits per heavy atom. The zero-order valence-corrected chi connectivity index (χ0v) is 9.02. The summed E-state index contributed by atoms with van der Waals surface area (Å²) in [6.07, 6.45) is 0.598. The summed E-state index contributed by atoms with van der Waals surface area (Å²) in [5.41, 5.74) is 2.07. The molecule has 1 heterocycles. The smallest absolute Gasteiger partial charge is 0.353 e. The van der Waals surface area contributed by atoms with Crippen LogP contribution in [0, 0.1) is 6.92 Å². The SMILES string of the molecule is Cc1ccc2c(C=O)c(C(=O)O)n(C)c2c1. The first kappa shape index (κ1) is 10.4. The largest absolute Gasteiger partial charge is 0.477 e. The van der Waals surface area contributed by atoms with Gasteiger partial charge in [0.05, 0.1) is 5.56 Å². The van der Waals surface area contributed by atoms with E-state index in [0.717, 1.165) is 11.1 Å². The molecule has 0 spiro atoms. The third-order valence-corrected chi connectivity index (χ3v) is 2.72. The van der Waals surface area contributed by atoms with Crippen molar-refractivity contribution in [2.75, 3.05) is 0 Å². The number of aromatic nitrogens is 1. The number of carboxylic acids is 1. The van der Waals surface area contributed by atoms with Gasteiger partial charge >= 0.3 is 5.97 Å². The van der Waals surface area contributed by atoms with Crippen LogP contribution in [-0.2, 0) is 7.05 Å². The maximum Gasteiger partial charge on any atom is 0.353 e. The van der Waals surface area contributed by atoms with E-state index in [2.05, 4.69) is 0 Å². The number of carbonyl (C=O) groups is 2. The predicted molar refractivity (Wildman–Crippen MR) is 60.0 cm³/mol. The minimum Gasteiger partial charge on any atom is -0.477 e. The molecule has 0 fully saturated rings. The molecular weight excluding hydrogens is 206 g/mol. The quantitative estimate of drug-likeness (QED) is 0.782. The number of carboxylic acid groups (broad SMARTS) is 1. The molecule has 1 aromatic heterocycles. The Labute approximate surface area is 92.1 Å². The van der Waals surface area contributed by atoms with Crippen LogP contribution in [0.4, 0.5) is 0 Å². The number of benzene rings is 1. The average Bonchev–Trinajstić information content (AvgIpc) is 2.51. The minimum absolute atomic E-state index is 0.0376. The molecule has 0 amide bonds. The number of carbonyl (C=O) groups excluding carboxylic acids is 1. The lowest BCUT2D eigenvalue weighted by molar-refractivity contribution is 0.0684. The molecule has 16 heavy (non-hydrogen) atoms. The third kappa shape index (κ3) is 1.31. The highest BCUT2D eigenvalue weighted by Crippen LogP contribution is 2.24. The van der Waals surface area contributed by atoms with Crippen molar-refractivity contribution in [3.05, 3.63) is 35.0 Å². The lowest BCUT2D eigenvalue weighted by Crippen LogP contribution is -2.06. The molecule has 0 aliphatic heterocycles. The van der Waals surface area contributed by atoms with Crippen molar-refractivity contribution < 1.29 is 14.7 Å². The summed E-state index contributed by atoms with van der Waals surface area (Å²) < 4.78 is 1.54. The fourth-order valence-corrected chi connectivity index (χ4v) is 1.95. The van der Waals surface area contributed by atoms with Crippen LogP contribution in [-0.4, -0.2) is 21.9 Å². The second-order valence-electron chi connectivity index (χ2n) is 3.76. The van der Waals surface area contributed by atoms with E-state index in [4.69, 9.17) is 5.11 Å². The highest BCUT2D eigenvalue weighted by molar-refractivity contribution is 6.08. The van der Waals surface area contributed by atoms with Gasteiger partial charge < -0.3 is 9.67 Å². The Morgan fingerprint density at radius 3 is 2.69 bits per heavy atom. The van der Waals surface area contributed by atoms with Crippen molar-refractivity contribution in [1.29, 1.82) is 0 Å². The molecule has 0 bridgehead atoms. The number of fused-ring (bicyclic) bond motifs is 1. The number of aromatic carboxylic acids is 1. The van der Waals surface area contributed by atoms with Crippen LogP contribution >= 0.6 is 0 Å². The van der Waals surface area contributed by atoms with E-state index in [0.29, 0.717) is 11.7 Å². The van der Waals surface area contributed by atoms with Crippen molar-refractivity contribution in [1.82, 2.24) is 4.57 Å². The summed E-state index contributed by atoms with van der Waals surface area (Å²) in [5.74, 6) is -1.08. The maximum atomic E-state index is 11.1. The molecule has 0 saturated carbocycles. The van der Waals surface area contributed by atoms with Crippen LogP contribution in [0.3, 0.4) is 0 Å². The molecule has 2 aromatic rings. The molecule has 0 aliphatic rings. The summed E-state index contributed by atoms with van der Waals surface area (Å²) in [6.45, 7) is 1.92. The van der Waals surface area contributed by atoms with Crippen LogP contribution in [0.15, 0.2) is 18.2 Å². The van der Waals surface area contributed by atoms with Gasteiger partial charge in [-0.1, -0.05) is 12.1 Å². The van der Waals surface area contributed by atoms with Crippen LogP contribution in [0.2, 0.25) is 0 Å². The van der Waals surface area contributed by atoms with Crippen LogP contribution < -0.4 is 0 Å². The van der Waals surface area contributed by atoms with Crippen LogP contribution in [0.25, 0.3) is 10.9 Å². The fraction of sp³-hybridized carbons (Fsp3) is 0.167. The summed E-state index contributed by atoms with van der Waals surface area (Å²) in [7, 11) is 1.65. The second-order valence-corrected chi connectivity index (χ2v) is 3.76. The molecule has 82 valence electrons. The molecule has 0 unspecified atom stereocenters. The van der Waals surface area contributed by atoms with E-state index in [9.17, 15) is 9.59 Å². The van der Waals surface area contributed by atoms with Gasteiger partial charge in [0.15, 0.2) is 6.29 Å². The van der Waals surface area contributed by atoms with Gasteiger partial charge in [0, 0.05) is 18.0 Å². The Bertz CT molecular complexity index is 596. The Hall–Kier alpha value is -2.10. The molecule has 1 aromatic carbocycles. The Balaban J connectivity index is 2.96. The van der Waals surface area contributed by atoms with E-state index in [1.807, 2.05) is 19.1 Å². The highest BCUT2D eigenvalue weighted by Gasteiger charge is 2.19. The molecule has 4 nitrogen and oxygen atoms in total. The standard InChI is InChI=1S/C12H11NO3/c1-7-3-4-8-9(6-14)11(12(15)16)13(2)10(8)5-7/h3-6H,1-2H3,(H,15,16). The van der Waals surface area contributed by atoms with Crippen molar-refractivity contribution in [2.45, 2.75) is 6.92 Å². The molecule has 2 rings (SSSR count). The lowest BCUT2D eigenvalue weighted by Gasteiger charge is -1.99. The van der Waals surface area contributed by atoms with Crippen LogP contribution in [0.1, 0.15) is 26.4 Å². The topological polar surface area (TPSA) is 59.3 Å². The van der Waals surface area contributed by atoms with Gasteiger partial charge in [-0.05, 0) is 18.6 Å². The summed E-state index contributed by atoms with van der Waals surface area (Å²) in [5, 5.41) is 9.75. The number of rotatable bonds is 2. The van der Waals surface area contributed by atoms with Crippen molar-refractivity contribution >= 4 is 23.2 Å². The number of hydrogen-bond donors (Lipinski definition) is 1. The van der Waals surface area contributed by atoms with E-state index in [1.54, 1.807) is 13.1 Å². The number of hydrogen-bond acceptors (Lipinski definition) is 2. The molecule has 4 heteroatoms. The van der Waals surface area contributed by atoms with Gasteiger partial charge in [0.1, 0.15) is 5.69 Å². The third-order valence-electron chi connectivity index (χ3n) is 2.72. The van der Waals surface area contributed by atoms with Gasteiger partial charge in [0.25, 0.3) is 0 Å². The van der Waals surface area contributed by atoms with E-state index >= 15 is 0 Å². The lowest BCUT2D eigenvalue weighted by atomic mass is 10.1. The summed E-state index contributed by atoms with van der Waals surface area (Å²) in [4.78, 5) is 22.0. The molecule has 0 radical (unpaired) electrons. The van der Waals surface area contributed by atoms with E-state index < -0.39 is 5.97 Å². The monoisotopic (exact) mass is 217 g/mol. The molecular formula is C12H11NO3. The van der Waals surface area contributed by atoms with Gasteiger partial charge in [-0.2, -0.15) is 0 Å². The zero-order chi connectivity index (χ0) is 11.9. The number of aryl methyl sites for hydroxylation is 2. The first-order valence-electron chi connectivity index (χ1n) is 4.83. The average molecular weight is 217 g/mol. The van der Waals surface area contributed by atoms with Crippen LogP contribution in [0.5, 0.6) is 0 Å². The van der Waals surface area contributed by atoms with Crippen molar-refractivity contribution in [3.63, 3.8) is 0 Å².